The molecule has 1 atom stereocenters. The number of rotatable bonds is 7. The fraction of sp³-hybridized carbons (Fsp3) is 0.435. The molecule has 5 nitrogen and oxygen atoms in total. The Labute approximate surface area is 191 Å². The number of methoxy groups -OCH3 is 2. The predicted molar refractivity (Wildman–Crippen MR) is 130 cm³/mol. The molecule has 2 aromatic carbocycles. The number of benzene rings is 2. The van der Waals surface area contributed by atoms with Crippen LogP contribution < -0.4 is 14.8 Å². The minimum absolute atomic E-state index is 0. The third-order valence-corrected chi connectivity index (χ3v) is 5.35. The van der Waals surface area contributed by atoms with Gasteiger partial charge in [-0.15, -0.1) is 24.0 Å². The van der Waals surface area contributed by atoms with E-state index in [2.05, 4.69) is 39.5 Å². The first kappa shape index (κ1) is 23.3. The van der Waals surface area contributed by atoms with E-state index in [1.807, 2.05) is 31.3 Å². The van der Waals surface area contributed by atoms with E-state index < -0.39 is 0 Å². The first-order chi connectivity index (χ1) is 13.7. The SMILES string of the molecule is CN=C(NCCCc1cccc(OC)c1)N1CCC(c2ccc(OC)cc2)C1.I. The Bertz CT molecular complexity index is 780. The van der Waals surface area contributed by atoms with E-state index in [1.165, 1.54) is 11.1 Å². The molecule has 1 fully saturated rings. The van der Waals surface area contributed by atoms with E-state index in [0.717, 1.165) is 56.4 Å². The third-order valence-electron chi connectivity index (χ3n) is 5.35. The molecule has 0 radical (unpaired) electrons. The quantitative estimate of drug-likeness (QED) is 0.262. The number of ether oxygens (including phenoxy) is 2. The van der Waals surface area contributed by atoms with Crippen molar-refractivity contribution in [2.45, 2.75) is 25.2 Å². The van der Waals surface area contributed by atoms with Crippen LogP contribution in [0.25, 0.3) is 0 Å². The standard InChI is InChI=1S/C23H31N3O2.HI/c1-24-23(25-14-5-7-18-6-4-8-22(16-18)28-3)26-15-13-20(17-26)19-9-11-21(27-2)12-10-19;/h4,6,8-12,16,20H,5,7,13-15,17H2,1-3H3,(H,24,25);1H. The molecule has 29 heavy (non-hydrogen) atoms. The fourth-order valence-corrected chi connectivity index (χ4v) is 3.75. The maximum atomic E-state index is 5.30. The predicted octanol–water partition coefficient (Wildman–Crippen LogP) is 4.32. The summed E-state index contributed by atoms with van der Waals surface area (Å²) in [7, 11) is 5.28. The molecule has 1 N–H and O–H groups in total. The van der Waals surface area contributed by atoms with Gasteiger partial charge in [0.25, 0.3) is 0 Å². The lowest BCUT2D eigenvalue weighted by molar-refractivity contribution is 0.414. The second kappa shape index (κ2) is 11.9. The highest BCUT2D eigenvalue weighted by molar-refractivity contribution is 14.0. The van der Waals surface area contributed by atoms with Gasteiger partial charge >= 0.3 is 0 Å². The van der Waals surface area contributed by atoms with Crippen molar-refractivity contribution in [2.24, 2.45) is 4.99 Å². The molecule has 1 aliphatic rings. The van der Waals surface area contributed by atoms with E-state index in [9.17, 15) is 0 Å². The molecule has 1 saturated heterocycles. The van der Waals surface area contributed by atoms with Gasteiger partial charge in [0.05, 0.1) is 14.2 Å². The first-order valence-electron chi connectivity index (χ1n) is 9.96. The van der Waals surface area contributed by atoms with Gasteiger partial charge in [-0.3, -0.25) is 4.99 Å². The number of nitrogens with zero attached hydrogens (tertiary/aromatic N) is 2. The number of aliphatic imine (C=N–C) groups is 1. The minimum Gasteiger partial charge on any atom is -0.497 e. The Balaban J connectivity index is 0.00000300. The number of hydrogen-bond acceptors (Lipinski definition) is 3. The van der Waals surface area contributed by atoms with Crippen LogP contribution in [0.4, 0.5) is 0 Å². The van der Waals surface area contributed by atoms with Gasteiger partial charge in [-0.2, -0.15) is 0 Å². The summed E-state index contributed by atoms with van der Waals surface area (Å²) in [6.45, 7) is 2.95. The van der Waals surface area contributed by atoms with Gasteiger partial charge in [0.1, 0.15) is 11.5 Å². The van der Waals surface area contributed by atoms with Crippen molar-refractivity contribution in [3.63, 3.8) is 0 Å². The zero-order valence-corrected chi connectivity index (χ0v) is 19.9. The van der Waals surface area contributed by atoms with Crippen molar-refractivity contribution >= 4 is 29.9 Å². The zero-order valence-electron chi connectivity index (χ0n) is 17.6. The van der Waals surface area contributed by atoms with E-state index in [-0.39, 0.29) is 24.0 Å². The van der Waals surface area contributed by atoms with Crippen molar-refractivity contribution in [2.75, 3.05) is 40.9 Å². The van der Waals surface area contributed by atoms with Crippen LogP contribution in [0.1, 0.15) is 29.9 Å². The van der Waals surface area contributed by atoms with E-state index in [0.29, 0.717) is 5.92 Å². The van der Waals surface area contributed by atoms with Gasteiger partial charge < -0.3 is 19.7 Å². The number of halogens is 1. The fourth-order valence-electron chi connectivity index (χ4n) is 3.75. The van der Waals surface area contributed by atoms with Crippen molar-refractivity contribution in [3.05, 3.63) is 59.7 Å². The van der Waals surface area contributed by atoms with Crippen LogP contribution in [-0.4, -0.2) is 51.8 Å². The van der Waals surface area contributed by atoms with Gasteiger partial charge in [0, 0.05) is 32.6 Å². The van der Waals surface area contributed by atoms with Gasteiger partial charge in [-0.05, 0) is 54.7 Å². The molecule has 0 aliphatic carbocycles. The molecule has 2 aromatic rings. The second-order valence-electron chi connectivity index (χ2n) is 7.13. The summed E-state index contributed by atoms with van der Waals surface area (Å²) in [6.07, 6.45) is 3.23. The van der Waals surface area contributed by atoms with Gasteiger partial charge in [0.2, 0.25) is 0 Å². The Hall–Kier alpha value is -1.96. The summed E-state index contributed by atoms with van der Waals surface area (Å²) in [4.78, 5) is 6.85. The lowest BCUT2D eigenvalue weighted by Crippen LogP contribution is -2.40. The minimum atomic E-state index is 0. The molecule has 0 amide bonds. The monoisotopic (exact) mass is 509 g/mol. The van der Waals surface area contributed by atoms with Crippen molar-refractivity contribution in [1.82, 2.24) is 10.2 Å². The van der Waals surface area contributed by atoms with E-state index in [1.54, 1.807) is 14.2 Å². The number of likely N-dealkylation sites (tertiary alicyclic amines) is 1. The van der Waals surface area contributed by atoms with Crippen LogP contribution in [0, 0.1) is 0 Å². The Morgan fingerprint density at radius 1 is 1.10 bits per heavy atom. The largest absolute Gasteiger partial charge is 0.497 e. The van der Waals surface area contributed by atoms with E-state index in [4.69, 9.17) is 9.47 Å². The van der Waals surface area contributed by atoms with Crippen molar-refractivity contribution in [3.8, 4) is 11.5 Å². The molecule has 0 saturated carbocycles. The van der Waals surface area contributed by atoms with Crippen LogP contribution in [0.5, 0.6) is 11.5 Å². The summed E-state index contributed by atoms with van der Waals surface area (Å²) in [6, 6.07) is 16.7. The summed E-state index contributed by atoms with van der Waals surface area (Å²) in [5.74, 6) is 3.37. The number of hydrogen-bond donors (Lipinski definition) is 1. The smallest absolute Gasteiger partial charge is 0.193 e. The average molecular weight is 509 g/mol. The summed E-state index contributed by atoms with van der Waals surface area (Å²) < 4.78 is 10.6. The summed E-state index contributed by atoms with van der Waals surface area (Å²) in [5.41, 5.74) is 2.67. The van der Waals surface area contributed by atoms with Gasteiger partial charge in [-0.1, -0.05) is 24.3 Å². The molecular formula is C23H32IN3O2. The molecule has 158 valence electrons. The van der Waals surface area contributed by atoms with Crippen LogP contribution >= 0.6 is 24.0 Å². The Morgan fingerprint density at radius 3 is 2.55 bits per heavy atom. The zero-order chi connectivity index (χ0) is 19.8. The highest BCUT2D eigenvalue weighted by atomic mass is 127. The molecule has 6 heteroatoms. The molecule has 0 bridgehead atoms. The molecule has 0 aromatic heterocycles. The molecular weight excluding hydrogens is 477 g/mol. The van der Waals surface area contributed by atoms with Crippen LogP contribution in [0.3, 0.4) is 0 Å². The maximum absolute atomic E-state index is 5.30. The first-order valence-corrected chi connectivity index (χ1v) is 9.96. The lowest BCUT2D eigenvalue weighted by Gasteiger charge is -2.22. The summed E-state index contributed by atoms with van der Waals surface area (Å²) in [5, 5.41) is 3.53. The number of aryl methyl sites for hydroxylation is 1. The van der Waals surface area contributed by atoms with Crippen molar-refractivity contribution < 1.29 is 9.47 Å². The second-order valence-corrected chi connectivity index (χ2v) is 7.13. The molecule has 0 spiro atoms. The molecule has 1 aliphatic heterocycles. The molecule has 1 heterocycles. The highest BCUT2D eigenvalue weighted by Crippen LogP contribution is 2.28. The average Bonchev–Trinajstić information content (AvgIpc) is 3.24. The van der Waals surface area contributed by atoms with Gasteiger partial charge in [-0.25, -0.2) is 0 Å². The number of guanidine groups is 1. The summed E-state index contributed by atoms with van der Waals surface area (Å²) >= 11 is 0. The lowest BCUT2D eigenvalue weighted by atomic mass is 9.98. The van der Waals surface area contributed by atoms with E-state index >= 15 is 0 Å². The Morgan fingerprint density at radius 2 is 1.86 bits per heavy atom. The third kappa shape index (κ3) is 6.52. The number of nitrogens with one attached hydrogen (secondary N) is 1. The van der Waals surface area contributed by atoms with Crippen LogP contribution in [0.2, 0.25) is 0 Å². The van der Waals surface area contributed by atoms with Crippen molar-refractivity contribution in [1.29, 1.82) is 0 Å². The highest BCUT2D eigenvalue weighted by Gasteiger charge is 2.25. The molecule has 3 rings (SSSR count). The van der Waals surface area contributed by atoms with Gasteiger partial charge in [0.15, 0.2) is 5.96 Å². The molecule has 1 unspecified atom stereocenters. The Kier molecular flexibility index (Phi) is 9.57. The van der Waals surface area contributed by atoms with Crippen LogP contribution in [-0.2, 0) is 6.42 Å². The maximum Gasteiger partial charge on any atom is 0.193 e. The van der Waals surface area contributed by atoms with Crippen LogP contribution in [0.15, 0.2) is 53.5 Å². The topological polar surface area (TPSA) is 46.1 Å². The normalized spacial score (nSPS) is 16.3.